The molecular formula is C20H20BrNO. The van der Waals surface area contributed by atoms with E-state index in [1.54, 1.807) is 0 Å². The Morgan fingerprint density at radius 2 is 1.39 bits per heavy atom. The first-order chi connectivity index (χ1) is 11.3. The van der Waals surface area contributed by atoms with Gasteiger partial charge in [-0.2, -0.15) is 0 Å². The average Bonchev–Trinajstić information content (AvgIpc) is 2.75. The van der Waals surface area contributed by atoms with Crippen LogP contribution in [-0.4, -0.2) is 11.2 Å². The molecule has 0 saturated heterocycles. The van der Waals surface area contributed by atoms with Crippen molar-refractivity contribution in [2.24, 2.45) is 0 Å². The summed E-state index contributed by atoms with van der Waals surface area (Å²) in [5.74, 6) is 0.170. The fraction of sp³-hybridized carbons (Fsp3) is 0.250. The number of benzene rings is 2. The molecule has 0 aromatic heterocycles. The smallest absolute Gasteiger partial charge is 0.231 e. The molecule has 2 aromatic rings. The van der Waals surface area contributed by atoms with Crippen LogP contribution in [0.1, 0.15) is 36.8 Å². The van der Waals surface area contributed by atoms with E-state index < -0.39 is 0 Å². The average molecular weight is 370 g/mol. The highest BCUT2D eigenvalue weighted by Crippen LogP contribution is 2.36. The van der Waals surface area contributed by atoms with Gasteiger partial charge in [0.2, 0.25) is 5.91 Å². The molecule has 1 heterocycles. The lowest BCUT2D eigenvalue weighted by Gasteiger charge is -2.25. The second-order valence-electron chi connectivity index (χ2n) is 5.68. The van der Waals surface area contributed by atoms with Crippen LogP contribution in [-0.2, 0) is 4.79 Å². The summed E-state index contributed by atoms with van der Waals surface area (Å²) in [6.07, 6.45) is 7.88. The number of para-hydroxylation sites is 2. The lowest BCUT2D eigenvalue weighted by atomic mass is 10.1. The van der Waals surface area contributed by atoms with E-state index in [9.17, 15) is 4.79 Å². The Hall–Kier alpha value is -1.87. The predicted molar refractivity (Wildman–Crippen MR) is 101 cm³/mol. The number of amides is 1. The molecule has 0 unspecified atom stereocenters. The molecule has 0 fully saturated rings. The second kappa shape index (κ2) is 7.60. The zero-order valence-corrected chi connectivity index (χ0v) is 14.6. The summed E-state index contributed by atoms with van der Waals surface area (Å²) in [5, 5.41) is 1.00. The zero-order chi connectivity index (χ0) is 16.1. The number of unbranched alkanes of at least 4 members (excludes halogenated alkanes) is 2. The summed E-state index contributed by atoms with van der Waals surface area (Å²) >= 11 is 3.44. The predicted octanol–water partition coefficient (Wildman–Crippen LogP) is 5.79. The number of rotatable bonds is 5. The van der Waals surface area contributed by atoms with Gasteiger partial charge in [-0.05, 0) is 36.1 Å². The molecule has 0 atom stereocenters. The van der Waals surface area contributed by atoms with Gasteiger partial charge >= 0.3 is 0 Å². The summed E-state index contributed by atoms with van der Waals surface area (Å²) in [6.45, 7) is 0. The Bertz CT molecular complexity index is 674. The van der Waals surface area contributed by atoms with Crippen LogP contribution >= 0.6 is 15.9 Å². The number of nitrogens with zero attached hydrogens (tertiary/aromatic N) is 1. The van der Waals surface area contributed by atoms with Crippen LogP contribution in [0.25, 0.3) is 12.2 Å². The molecular weight excluding hydrogens is 350 g/mol. The van der Waals surface area contributed by atoms with Crippen LogP contribution < -0.4 is 4.90 Å². The van der Waals surface area contributed by atoms with Crippen LogP contribution in [0.4, 0.5) is 11.4 Å². The molecule has 0 spiro atoms. The Balaban J connectivity index is 1.94. The number of carbonyl (C=O) groups is 1. The van der Waals surface area contributed by atoms with Crippen molar-refractivity contribution in [1.29, 1.82) is 0 Å². The van der Waals surface area contributed by atoms with Crippen molar-refractivity contribution in [3.8, 4) is 0 Å². The summed E-state index contributed by atoms with van der Waals surface area (Å²) in [5.41, 5.74) is 4.10. The van der Waals surface area contributed by atoms with Gasteiger partial charge in [0.05, 0.1) is 11.4 Å². The fourth-order valence-electron chi connectivity index (χ4n) is 2.90. The van der Waals surface area contributed by atoms with Gasteiger partial charge in [-0.1, -0.05) is 70.9 Å². The van der Waals surface area contributed by atoms with Crippen molar-refractivity contribution < 1.29 is 4.79 Å². The summed E-state index contributed by atoms with van der Waals surface area (Å²) < 4.78 is 0. The van der Waals surface area contributed by atoms with Crippen LogP contribution in [0.15, 0.2) is 48.5 Å². The molecule has 118 valence electrons. The first-order valence-electron chi connectivity index (χ1n) is 8.06. The van der Waals surface area contributed by atoms with Gasteiger partial charge in [-0.15, -0.1) is 0 Å². The van der Waals surface area contributed by atoms with E-state index >= 15 is 0 Å². The van der Waals surface area contributed by atoms with Crippen LogP contribution in [0, 0.1) is 0 Å². The molecule has 0 radical (unpaired) electrons. The van der Waals surface area contributed by atoms with Crippen molar-refractivity contribution in [3.63, 3.8) is 0 Å². The topological polar surface area (TPSA) is 20.3 Å². The summed E-state index contributed by atoms with van der Waals surface area (Å²) in [4.78, 5) is 14.8. The minimum absolute atomic E-state index is 0.170. The fourth-order valence-corrected chi connectivity index (χ4v) is 3.30. The number of hydrogen-bond donors (Lipinski definition) is 0. The third-order valence-electron chi connectivity index (χ3n) is 4.07. The molecule has 1 aliphatic heterocycles. The normalized spacial score (nSPS) is 12.5. The Kier molecular flexibility index (Phi) is 5.29. The summed E-state index contributed by atoms with van der Waals surface area (Å²) in [6, 6.07) is 16.2. The summed E-state index contributed by atoms with van der Waals surface area (Å²) in [7, 11) is 0. The van der Waals surface area contributed by atoms with Gasteiger partial charge in [-0.3, -0.25) is 9.69 Å². The minimum Gasteiger partial charge on any atom is -0.280 e. The van der Waals surface area contributed by atoms with Gasteiger partial charge < -0.3 is 0 Å². The van der Waals surface area contributed by atoms with Crippen LogP contribution in [0.3, 0.4) is 0 Å². The maximum atomic E-state index is 12.9. The molecule has 1 amide bonds. The lowest BCUT2D eigenvalue weighted by molar-refractivity contribution is -0.118. The standard InChI is InChI=1S/C20H20BrNO/c21-15-7-1-2-12-20(23)22-18-10-5-3-8-16(18)13-14-17-9-4-6-11-19(17)22/h3-6,8-11,13-14H,1-2,7,12,15H2. The molecule has 0 saturated carbocycles. The van der Waals surface area contributed by atoms with Crippen molar-refractivity contribution in [1.82, 2.24) is 0 Å². The first-order valence-corrected chi connectivity index (χ1v) is 9.18. The Labute approximate surface area is 146 Å². The van der Waals surface area contributed by atoms with E-state index in [-0.39, 0.29) is 5.91 Å². The van der Waals surface area contributed by atoms with E-state index in [1.807, 2.05) is 41.3 Å². The highest BCUT2D eigenvalue weighted by molar-refractivity contribution is 9.09. The van der Waals surface area contributed by atoms with E-state index in [2.05, 4.69) is 40.2 Å². The van der Waals surface area contributed by atoms with Gasteiger partial charge in [0.1, 0.15) is 0 Å². The monoisotopic (exact) mass is 369 g/mol. The van der Waals surface area contributed by atoms with Crippen LogP contribution in [0.2, 0.25) is 0 Å². The quantitative estimate of drug-likeness (QED) is 0.482. The molecule has 3 heteroatoms. The maximum Gasteiger partial charge on any atom is 0.231 e. The number of hydrogen-bond acceptors (Lipinski definition) is 1. The highest BCUT2D eigenvalue weighted by atomic mass is 79.9. The zero-order valence-electron chi connectivity index (χ0n) is 13.0. The second-order valence-corrected chi connectivity index (χ2v) is 6.47. The molecule has 0 N–H and O–H groups in total. The molecule has 1 aliphatic rings. The lowest BCUT2D eigenvalue weighted by Crippen LogP contribution is -2.26. The van der Waals surface area contributed by atoms with E-state index in [1.165, 1.54) is 0 Å². The van der Waals surface area contributed by atoms with E-state index in [0.29, 0.717) is 6.42 Å². The highest BCUT2D eigenvalue weighted by Gasteiger charge is 2.22. The number of alkyl halides is 1. The largest absolute Gasteiger partial charge is 0.280 e. The SMILES string of the molecule is O=C(CCCCCBr)N1c2ccccc2C=Cc2ccccc21. The van der Waals surface area contributed by atoms with Crippen LogP contribution in [0.5, 0.6) is 0 Å². The molecule has 0 bridgehead atoms. The van der Waals surface area contributed by atoms with Crippen molar-refractivity contribution in [2.75, 3.05) is 10.2 Å². The Morgan fingerprint density at radius 3 is 1.96 bits per heavy atom. The number of anilines is 2. The molecule has 2 aromatic carbocycles. The van der Waals surface area contributed by atoms with Crippen molar-refractivity contribution in [3.05, 3.63) is 59.7 Å². The van der Waals surface area contributed by atoms with Gasteiger partial charge in [-0.25, -0.2) is 0 Å². The molecule has 0 aliphatic carbocycles. The van der Waals surface area contributed by atoms with Gasteiger partial charge in [0.25, 0.3) is 0 Å². The Morgan fingerprint density at radius 1 is 0.826 bits per heavy atom. The third kappa shape index (κ3) is 3.56. The minimum atomic E-state index is 0.170. The third-order valence-corrected chi connectivity index (χ3v) is 4.63. The number of carbonyl (C=O) groups excluding carboxylic acids is 1. The van der Waals surface area contributed by atoms with E-state index in [0.717, 1.165) is 47.1 Å². The van der Waals surface area contributed by atoms with E-state index in [4.69, 9.17) is 0 Å². The van der Waals surface area contributed by atoms with Crippen molar-refractivity contribution >= 4 is 45.4 Å². The maximum absolute atomic E-state index is 12.9. The first kappa shape index (κ1) is 16.0. The number of halogens is 1. The molecule has 3 rings (SSSR count). The molecule has 2 nitrogen and oxygen atoms in total. The van der Waals surface area contributed by atoms with Gasteiger partial charge in [0.15, 0.2) is 0 Å². The van der Waals surface area contributed by atoms with Crippen molar-refractivity contribution in [2.45, 2.75) is 25.7 Å². The molecule has 23 heavy (non-hydrogen) atoms. The number of fused-ring (bicyclic) bond motifs is 2. The van der Waals surface area contributed by atoms with Gasteiger partial charge in [0, 0.05) is 11.8 Å².